The van der Waals surface area contributed by atoms with E-state index in [0.717, 1.165) is 29.8 Å². The van der Waals surface area contributed by atoms with Crippen LogP contribution in [0, 0.1) is 6.92 Å². The molecule has 0 radical (unpaired) electrons. The molecule has 8 heteroatoms. The fourth-order valence-corrected chi connectivity index (χ4v) is 5.04. The quantitative estimate of drug-likeness (QED) is 0.368. The molecule has 0 saturated carbocycles. The maximum Gasteiger partial charge on any atom is 0.193 e. The number of piperidine rings is 2. The lowest BCUT2D eigenvalue weighted by Crippen LogP contribution is -2.62. The van der Waals surface area contributed by atoms with Crippen LogP contribution in [0.25, 0.3) is 0 Å². The fourth-order valence-electron chi connectivity index (χ4n) is 4.43. The number of likely N-dealkylation sites (tertiary alicyclic amines) is 2. The number of aliphatic imine (C=N–C) groups is 1. The second-order valence-corrected chi connectivity index (χ2v) is 9.25. The largest absolute Gasteiger partial charge is 0.354 e. The number of aryl methyl sites for hydroxylation is 1. The number of hydrogen-bond acceptors (Lipinski definition) is 5. The van der Waals surface area contributed by atoms with E-state index in [4.69, 9.17) is 0 Å². The zero-order chi connectivity index (χ0) is 19.3. The molecule has 0 amide bonds. The van der Waals surface area contributed by atoms with Crippen LogP contribution in [0.5, 0.6) is 0 Å². The van der Waals surface area contributed by atoms with Gasteiger partial charge in [-0.15, -0.1) is 35.3 Å². The molecule has 2 fully saturated rings. The summed E-state index contributed by atoms with van der Waals surface area (Å²) >= 11 is 1.71. The lowest BCUT2D eigenvalue weighted by molar-refractivity contribution is 0.0170. The minimum atomic E-state index is 0. The Balaban J connectivity index is 0.00000280. The van der Waals surface area contributed by atoms with Gasteiger partial charge in [0, 0.05) is 31.6 Å². The third-order valence-electron chi connectivity index (χ3n) is 6.16. The lowest BCUT2D eigenvalue weighted by Gasteiger charge is -2.50. The maximum absolute atomic E-state index is 4.59. The van der Waals surface area contributed by atoms with E-state index >= 15 is 0 Å². The predicted octanol–water partition coefficient (Wildman–Crippen LogP) is 3.03. The van der Waals surface area contributed by atoms with Crippen molar-refractivity contribution < 1.29 is 0 Å². The summed E-state index contributed by atoms with van der Waals surface area (Å²) in [6.07, 6.45) is 6.55. The molecular formula is C20H37IN6S. The number of nitrogens with one attached hydrogen (secondary N) is 1. The average Bonchev–Trinajstić information content (AvgIpc) is 3.09. The molecule has 160 valence electrons. The molecule has 3 heterocycles. The van der Waals surface area contributed by atoms with Gasteiger partial charge in [-0.2, -0.15) is 0 Å². The van der Waals surface area contributed by atoms with E-state index in [9.17, 15) is 0 Å². The molecule has 0 unspecified atom stereocenters. The maximum atomic E-state index is 4.59. The van der Waals surface area contributed by atoms with Crippen molar-refractivity contribution in [1.29, 1.82) is 0 Å². The average molecular weight is 521 g/mol. The molecule has 2 saturated heterocycles. The third-order valence-corrected chi connectivity index (χ3v) is 6.98. The second-order valence-electron chi connectivity index (χ2n) is 8.19. The first-order valence-electron chi connectivity index (χ1n) is 10.3. The van der Waals surface area contributed by atoms with Crippen molar-refractivity contribution in [2.75, 3.05) is 53.9 Å². The van der Waals surface area contributed by atoms with Gasteiger partial charge in [0.15, 0.2) is 5.96 Å². The fraction of sp³-hybridized carbons (Fsp3) is 0.800. The van der Waals surface area contributed by atoms with Crippen molar-refractivity contribution in [2.24, 2.45) is 4.99 Å². The van der Waals surface area contributed by atoms with Crippen molar-refractivity contribution >= 4 is 41.3 Å². The molecular weight excluding hydrogens is 483 g/mol. The molecule has 0 aliphatic carbocycles. The topological polar surface area (TPSA) is 47.0 Å². The van der Waals surface area contributed by atoms with Gasteiger partial charge in [0.2, 0.25) is 0 Å². The third kappa shape index (κ3) is 6.03. The van der Waals surface area contributed by atoms with Gasteiger partial charge < -0.3 is 15.1 Å². The van der Waals surface area contributed by atoms with Crippen molar-refractivity contribution in [1.82, 2.24) is 25.0 Å². The van der Waals surface area contributed by atoms with Gasteiger partial charge in [0.25, 0.3) is 0 Å². The summed E-state index contributed by atoms with van der Waals surface area (Å²) in [5.74, 6) is 0.968. The summed E-state index contributed by atoms with van der Waals surface area (Å²) in [6, 6.07) is 0. The molecule has 0 aromatic carbocycles. The van der Waals surface area contributed by atoms with Gasteiger partial charge in [-0.25, -0.2) is 4.98 Å². The Labute approximate surface area is 191 Å². The van der Waals surface area contributed by atoms with Gasteiger partial charge >= 0.3 is 0 Å². The van der Waals surface area contributed by atoms with Crippen molar-refractivity contribution in [3.05, 3.63) is 16.1 Å². The van der Waals surface area contributed by atoms with Crippen LogP contribution in [0.1, 0.15) is 42.8 Å². The normalized spacial score (nSPS) is 21.2. The minimum absolute atomic E-state index is 0. The number of rotatable bonds is 5. The Kier molecular flexibility index (Phi) is 9.43. The van der Waals surface area contributed by atoms with E-state index in [1.165, 1.54) is 58.3 Å². The van der Waals surface area contributed by atoms with Crippen molar-refractivity contribution in [3.63, 3.8) is 0 Å². The van der Waals surface area contributed by atoms with Crippen LogP contribution in [-0.4, -0.2) is 85.0 Å². The summed E-state index contributed by atoms with van der Waals surface area (Å²) < 4.78 is 0. The highest BCUT2D eigenvalue weighted by atomic mass is 127. The summed E-state index contributed by atoms with van der Waals surface area (Å²) in [7, 11) is 6.23. The summed E-state index contributed by atoms with van der Waals surface area (Å²) in [6.45, 7) is 8.70. The van der Waals surface area contributed by atoms with Crippen molar-refractivity contribution in [3.8, 4) is 0 Å². The highest BCUT2D eigenvalue weighted by molar-refractivity contribution is 14.0. The molecule has 6 nitrogen and oxygen atoms in total. The van der Waals surface area contributed by atoms with Crippen molar-refractivity contribution in [2.45, 2.75) is 51.1 Å². The predicted molar refractivity (Wildman–Crippen MR) is 130 cm³/mol. The molecule has 1 aromatic rings. The first-order chi connectivity index (χ1) is 13.0. The summed E-state index contributed by atoms with van der Waals surface area (Å²) in [5.41, 5.74) is 1.38. The first-order valence-corrected chi connectivity index (χ1v) is 11.2. The number of guanidine groups is 1. The van der Waals surface area contributed by atoms with Gasteiger partial charge in [-0.1, -0.05) is 6.42 Å². The van der Waals surface area contributed by atoms with E-state index in [1.54, 1.807) is 11.3 Å². The number of nitrogens with zero attached hydrogens (tertiary/aromatic N) is 5. The highest BCUT2D eigenvalue weighted by Gasteiger charge is 2.39. The molecule has 3 rings (SSSR count). The number of halogens is 1. The van der Waals surface area contributed by atoms with Crippen LogP contribution in [-0.2, 0) is 6.54 Å². The van der Waals surface area contributed by atoms with Crippen LogP contribution in [0.3, 0.4) is 0 Å². The van der Waals surface area contributed by atoms with E-state index in [-0.39, 0.29) is 29.5 Å². The molecule has 0 atom stereocenters. The van der Waals surface area contributed by atoms with E-state index in [2.05, 4.69) is 56.4 Å². The first kappa shape index (κ1) is 23.8. The SMILES string of the molecule is CN=C(NCC1(N2CCCCC2)CCN(C)CC1)N(C)Cc1csc(C)n1.I. The van der Waals surface area contributed by atoms with E-state index in [1.807, 2.05) is 7.05 Å². The van der Waals surface area contributed by atoms with Gasteiger partial charge in [-0.05, 0) is 65.8 Å². The van der Waals surface area contributed by atoms with Crippen LogP contribution in [0.15, 0.2) is 10.4 Å². The molecule has 0 spiro atoms. The zero-order valence-corrected chi connectivity index (χ0v) is 21.1. The number of hydrogen-bond donors (Lipinski definition) is 1. The molecule has 2 aliphatic heterocycles. The Morgan fingerprint density at radius 3 is 2.50 bits per heavy atom. The van der Waals surface area contributed by atoms with Gasteiger partial charge in [0.1, 0.15) is 0 Å². The van der Waals surface area contributed by atoms with E-state index < -0.39 is 0 Å². The van der Waals surface area contributed by atoms with Gasteiger partial charge in [-0.3, -0.25) is 9.89 Å². The molecule has 1 aromatic heterocycles. The van der Waals surface area contributed by atoms with Crippen LogP contribution in [0.4, 0.5) is 0 Å². The minimum Gasteiger partial charge on any atom is -0.354 e. The van der Waals surface area contributed by atoms with Gasteiger partial charge in [0.05, 0.1) is 17.2 Å². The smallest absolute Gasteiger partial charge is 0.193 e. The second kappa shape index (κ2) is 11.1. The number of aromatic nitrogens is 1. The Morgan fingerprint density at radius 2 is 1.93 bits per heavy atom. The monoisotopic (exact) mass is 520 g/mol. The Bertz CT molecular complexity index is 620. The molecule has 28 heavy (non-hydrogen) atoms. The van der Waals surface area contributed by atoms with E-state index in [0.29, 0.717) is 0 Å². The zero-order valence-electron chi connectivity index (χ0n) is 17.9. The highest BCUT2D eigenvalue weighted by Crippen LogP contribution is 2.31. The van der Waals surface area contributed by atoms with Crippen LogP contribution in [0.2, 0.25) is 0 Å². The summed E-state index contributed by atoms with van der Waals surface area (Å²) in [4.78, 5) is 16.6. The number of thiazole rings is 1. The van der Waals surface area contributed by atoms with Crippen LogP contribution >= 0.6 is 35.3 Å². The molecule has 1 N–H and O–H groups in total. The Hall–Kier alpha value is -0.450. The summed E-state index contributed by atoms with van der Waals surface area (Å²) in [5, 5.41) is 6.98. The lowest BCUT2D eigenvalue weighted by atomic mass is 9.84. The molecule has 2 aliphatic rings. The van der Waals surface area contributed by atoms with Crippen LogP contribution < -0.4 is 5.32 Å². The Morgan fingerprint density at radius 1 is 1.25 bits per heavy atom. The standard InChI is InChI=1S/C20H36N6S.HI/c1-17-23-18(15-27-17)14-25(4)19(21-2)22-16-20(8-12-24(3)13-9-20)26-10-6-5-7-11-26;/h15H,5-14,16H2,1-4H3,(H,21,22);1H. The molecule has 0 bridgehead atoms.